The van der Waals surface area contributed by atoms with Gasteiger partial charge < -0.3 is 5.32 Å². The molecule has 0 radical (unpaired) electrons. The van der Waals surface area contributed by atoms with Crippen LogP contribution in [-0.4, -0.2) is 47.9 Å². The van der Waals surface area contributed by atoms with E-state index in [1.54, 1.807) is 0 Å². The number of nitrogens with zero attached hydrogens (tertiary/aromatic N) is 3. The van der Waals surface area contributed by atoms with Crippen molar-refractivity contribution >= 4 is 26.8 Å². The molecule has 1 amide bonds. The van der Waals surface area contributed by atoms with Gasteiger partial charge in [0.15, 0.2) is 0 Å². The Bertz CT molecular complexity index is 1170. The van der Waals surface area contributed by atoms with Crippen molar-refractivity contribution in [1.82, 2.24) is 18.8 Å². The van der Waals surface area contributed by atoms with Crippen molar-refractivity contribution in [3.05, 3.63) is 39.0 Å². The van der Waals surface area contributed by atoms with Gasteiger partial charge in [0, 0.05) is 27.7 Å². The predicted molar refractivity (Wildman–Crippen MR) is 121 cm³/mol. The van der Waals surface area contributed by atoms with Crippen LogP contribution in [0.2, 0.25) is 0 Å². The van der Waals surface area contributed by atoms with Gasteiger partial charge in [0.05, 0.1) is 22.3 Å². The van der Waals surface area contributed by atoms with E-state index in [-0.39, 0.29) is 22.7 Å². The average Bonchev–Trinajstić information content (AvgIpc) is 2.75. The lowest BCUT2D eigenvalue weighted by molar-refractivity contribution is -0.121. The molecule has 9 nitrogen and oxygen atoms in total. The second-order valence-corrected chi connectivity index (χ2v) is 9.91. The molecule has 0 saturated heterocycles. The molecule has 0 bridgehead atoms. The zero-order valence-electron chi connectivity index (χ0n) is 18.8. The fourth-order valence-corrected chi connectivity index (χ4v) is 4.61. The van der Waals surface area contributed by atoms with E-state index in [9.17, 15) is 22.8 Å². The first-order valence-corrected chi connectivity index (χ1v) is 11.9. The maximum absolute atomic E-state index is 13.0. The van der Waals surface area contributed by atoms with E-state index < -0.39 is 21.3 Å². The van der Waals surface area contributed by atoms with Crippen LogP contribution in [0.4, 0.5) is 0 Å². The van der Waals surface area contributed by atoms with Gasteiger partial charge in [-0.3, -0.25) is 18.7 Å². The van der Waals surface area contributed by atoms with Crippen molar-refractivity contribution in [3.63, 3.8) is 0 Å². The first kappa shape index (κ1) is 24.8. The highest BCUT2D eigenvalue weighted by Gasteiger charge is 2.24. The van der Waals surface area contributed by atoms with Crippen LogP contribution in [0.15, 0.2) is 32.7 Å². The number of aryl methyl sites for hydroxylation is 1. The lowest BCUT2D eigenvalue weighted by Gasteiger charge is -2.19. The molecule has 0 aliphatic carbocycles. The third kappa shape index (κ3) is 5.43. The Labute approximate surface area is 182 Å². The van der Waals surface area contributed by atoms with Gasteiger partial charge in [-0.2, -0.15) is 4.31 Å². The molecule has 1 N–H and O–H groups in total. The molecule has 0 unspecified atom stereocenters. The smallest absolute Gasteiger partial charge is 0.330 e. The molecule has 1 aromatic heterocycles. The summed E-state index contributed by atoms with van der Waals surface area (Å²) >= 11 is 0. The molecular formula is C21H32N4O5S. The summed E-state index contributed by atoms with van der Waals surface area (Å²) in [5.41, 5.74) is -0.732. The zero-order chi connectivity index (χ0) is 23.3. The van der Waals surface area contributed by atoms with Crippen LogP contribution in [0, 0.1) is 5.92 Å². The number of likely N-dealkylation sites (N-methyl/N-ethyl adjacent to an activating group) is 1. The van der Waals surface area contributed by atoms with Gasteiger partial charge in [0.2, 0.25) is 15.9 Å². The minimum Gasteiger partial charge on any atom is -0.355 e. The Balaban J connectivity index is 2.21. The quantitative estimate of drug-likeness (QED) is 0.582. The summed E-state index contributed by atoms with van der Waals surface area (Å²) in [6, 6.07) is 4.01. The third-order valence-corrected chi connectivity index (χ3v) is 7.44. The molecule has 10 heteroatoms. The van der Waals surface area contributed by atoms with Crippen LogP contribution in [0.1, 0.15) is 39.5 Å². The Kier molecular flexibility index (Phi) is 8.19. The normalized spacial score (nSPS) is 13.0. The Morgan fingerprint density at radius 2 is 1.84 bits per heavy atom. The average molecular weight is 453 g/mol. The summed E-state index contributed by atoms with van der Waals surface area (Å²) < 4.78 is 29.1. The van der Waals surface area contributed by atoms with Crippen LogP contribution in [0.5, 0.6) is 0 Å². The van der Waals surface area contributed by atoms with E-state index in [1.165, 1.54) is 43.9 Å². The van der Waals surface area contributed by atoms with Crippen molar-refractivity contribution in [2.24, 2.45) is 20.0 Å². The summed E-state index contributed by atoms with van der Waals surface area (Å²) in [5.74, 6) is -0.00529. The predicted octanol–water partition coefficient (Wildman–Crippen LogP) is 1.19. The topological polar surface area (TPSA) is 110 Å². The molecule has 31 heavy (non-hydrogen) atoms. The monoisotopic (exact) mass is 452 g/mol. The van der Waals surface area contributed by atoms with Crippen molar-refractivity contribution in [1.29, 1.82) is 0 Å². The Hall–Kier alpha value is -2.46. The number of fused-ring (bicyclic) bond motifs is 1. The molecule has 1 aromatic carbocycles. The second kappa shape index (κ2) is 10.2. The summed E-state index contributed by atoms with van der Waals surface area (Å²) in [4.78, 5) is 36.7. The minimum atomic E-state index is -4.00. The molecule has 172 valence electrons. The summed E-state index contributed by atoms with van der Waals surface area (Å²) in [6.45, 7) is 4.38. The Morgan fingerprint density at radius 3 is 2.45 bits per heavy atom. The standard InChI is InChI=1S/C21H32N4O5S/c1-6-8-9-15(7-2)13-22-19(26)14-23(3)31(29,30)16-10-11-18-17(12-16)20(27)25(5)21(28)24(18)4/h10-12,15H,6-9,13-14H2,1-5H3,(H,22,26)/t15-/m1/s1. The molecule has 0 aliphatic heterocycles. The largest absolute Gasteiger partial charge is 0.355 e. The van der Waals surface area contributed by atoms with Crippen LogP contribution < -0.4 is 16.6 Å². The highest BCUT2D eigenvalue weighted by molar-refractivity contribution is 7.89. The molecule has 0 aliphatic rings. The Morgan fingerprint density at radius 1 is 1.16 bits per heavy atom. The zero-order valence-corrected chi connectivity index (χ0v) is 19.7. The third-order valence-electron chi connectivity index (χ3n) is 5.64. The number of sulfonamides is 1. The van der Waals surface area contributed by atoms with E-state index in [0.29, 0.717) is 18.0 Å². The highest BCUT2D eigenvalue weighted by atomic mass is 32.2. The lowest BCUT2D eigenvalue weighted by atomic mass is 9.99. The number of amides is 1. The van der Waals surface area contributed by atoms with Crippen LogP contribution in [0.3, 0.4) is 0 Å². The summed E-state index contributed by atoms with van der Waals surface area (Å²) in [5, 5.41) is 2.94. The van der Waals surface area contributed by atoms with E-state index in [1.807, 2.05) is 0 Å². The number of hydrogen-bond donors (Lipinski definition) is 1. The molecule has 0 fully saturated rings. The molecule has 0 spiro atoms. The first-order valence-electron chi connectivity index (χ1n) is 10.5. The van der Waals surface area contributed by atoms with E-state index >= 15 is 0 Å². The molecule has 2 aromatic rings. The van der Waals surface area contributed by atoms with Gasteiger partial charge in [-0.25, -0.2) is 13.2 Å². The maximum atomic E-state index is 13.0. The van der Waals surface area contributed by atoms with Crippen molar-refractivity contribution in [2.45, 2.75) is 44.4 Å². The van der Waals surface area contributed by atoms with Gasteiger partial charge >= 0.3 is 5.69 Å². The fraction of sp³-hybridized carbons (Fsp3) is 0.571. The number of carbonyl (C=O) groups excluding carboxylic acids is 1. The van der Waals surface area contributed by atoms with E-state index in [2.05, 4.69) is 19.2 Å². The minimum absolute atomic E-state index is 0.111. The first-order chi connectivity index (χ1) is 14.5. The molecular weight excluding hydrogens is 420 g/mol. The van der Waals surface area contributed by atoms with Gasteiger partial charge in [0.25, 0.3) is 5.56 Å². The van der Waals surface area contributed by atoms with Gasteiger partial charge in [-0.05, 0) is 30.5 Å². The van der Waals surface area contributed by atoms with Crippen LogP contribution in [0.25, 0.3) is 10.9 Å². The van der Waals surface area contributed by atoms with E-state index in [0.717, 1.165) is 34.6 Å². The lowest BCUT2D eigenvalue weighted by Crippen LogP contribution is -2.40. The molecule has 1 heterocycles. The van der Waals surface area contributed by atoms with Crippen LogP contribution in [-0.2, 0) is 28.9 Å². The van der Waals surface area contributed by atoms with Gasteiger partial charge in [-0.1, -0.05) is 33.1 Å². The number of rotatable bonds is 10. The van der Waals surface area contributed by atoms with Crippen LogP contribution >= 0.6 is 0 Å². The SMILES string of the molecule is CCCC[C@@H](CC)CNC(=O)CN(C)S(=O)(=O)c1ccc2c(c1)c(=O)n(C)c(=O)n2C. The van der Waals surface area contributed by atoms with Crippen molar-refractivity contribution < 1.29 is 13.2 Å². The molecule has 1 atom stereocenters. The molecule has 2 rings (SSSR count). The number of nitrogens with one attached hydrogen (secondary N) is 1. The number of benzene rings is 1. The van der Waals surface area contributed by atoms with Crippen molar-refractivity contribution in [3.8, 4) is 0 Å². The highest BCUT2D eigenvalue weighted by Crippen LogP contribution is 2.18. The van der Waals surface area contributed by atoms with Gasteiger partial charge in [-0.15, -0.1) is 0 Å². The number of carbonyl (C=O) groups is 1. The number of hydrogen-bond acceptors (Lipinski definition) is 5. The van der Waals surface area contributed by atoms with E-state index in [4.69, 9.17) is 0 Å². The molecule has 0 saturated carbocycles. The second-order valence-electron chi connectivity index (χ2n) is 7.87. The van der Waals surface area contributed by atoms with Crippen molar-refractivity contribution in [2.75, 3.05) is 20.1 Å². The summed E-state index contributed by atoms with van der Waals surface area (Å²) in [7, 11) is 0.178. The fourth-order valence-electron chi connectivity index (χ4n) is 3.46. The maximum Gasteiger partial charge on any atom is 0.330 e. The number of unbranched alkanes of at least 4 members (excludes halogenated alkanes) is 1. The van der Waals surface area contributed by atoms with Gasteiger partial charge in [0.1, 0.15) is 0 Å². The summed E-state index contributed by atoms with van der Waals surface area (Å²) in [6.07, 6.45) is 4.16. The number of aromatic nitrogens is 2.